The fourth-order valence-corrected chi connectivity index (χ4v) is 2.67. The van der Waals surface area contributed by atoms with Crippen LogP contribution in [0.2, 0.25) is 0 Å². The summed E-state index contributed by atoms with van der Waals surface area (Å²) in [5.74, 6) is 0.923. The Kier molecular flexibility index (Phi) is 4.72. The molecule has 2 heterocycles. The van der Waals surface area contributed by atoms with Gasteiger partial charge < -0.3 is 10.1 Å². The number of benzene rings is 2. The third kappa shape index (κ3) is 3.55. The molecule has 28 heavy (non-hydrogen) atoms. The number of para-hydroxylation sites is 1. The van der Waals surface area contributed by atoms with Crippen LogP contribution in [0.5, 0.6) is 11.6 Å². The predicted molar refractivity (Wildman–Crippen MR) is 107 cm³/mol. The van der Waals surface area contributed by atoms with Crippen molar-refractivity contribution in [3.8, 4) is 17.3 Å². The van der Waals surface area contributed by atoms with E-state index in [0.29, 0.717) is 22.7 Å². The monoisotopic (exact) mass is 373 g/mol. The summed E-state index contributed by atoms with van der Waals surface area (Å²) in [4.78, 5) is 20.4. The van der Waals surface area contributed by atoms with Crippen LogP contribution in [0.15, 0.2) is 67.1 Å². The van der Waals surface area contributed by atoms with E-state index in [-0.39, 0.29) is 11.8 Å². The van der Waals surface area contributed by atoms with Crippen molar-refractivity contribution in [2.24, 2.45) is 5.92 Å². The maximum Gasteiger partial charge on any atom is 0.233 e. The van der Waals surface area contributed by atoms with Gasteiger partial charge in [0.1, 0.15) is 17.5 Å². The minimum Gasteiger partial charge on any atom is -0.438 e. The lowest BCUT2D eigenvalue weighted by Crippen LogP contribution is -2.17. The third-order valence-corrected chi connectivity index (χ3v) is 4.19. The first-order valence-electron chi connectivity index (χ1n) is 8.95. The third-order valence-electron chi connectivity index (χ3n) is 4.19. The van der Waals surface area contributed by atoms with E-state index in [1.165, 1.54) is 6.33 Å². The zero-order chi connectivity index (χ0) is 19.5. The first-order valence-corrected chi connectivity index (χ1v) is 8.95. The Bertz CT molecular complexity index is 1100. The maximum absolute atomic E-state index is 11.8. The molecule has 0 atom stereocenters. The normalized spacial score (nSPS) is 11.0. The number of anilines is 1. The highest BCUT2D eigenvalue weighted by molar-refractivity contribution is 5.92. The van der Waals surface area contributed by atoms with Crippen LogP contribution >= 0.6 is 0 Å². The number of carbonyl (C=O) groups is 1. The number of carbonyl (C=O) groups excluding carboxylic acids is 1. The van der Waals surface area contributed by atoms with Gasteiger partial charge in [-0.2, -0.15) is 5.10 Å². The molecule has 0 saturated carbocycles. The van der Waals surface area contributed by atoms with Crippen molar-refractivity contribution in [3.63, 3.8) is 0 Å². The molecule has 0 fully saturated rings. The number of ether oxygens (including phenoxy) is 1. The van der Waals surface area contributed by atoms with Crippen LogP contribution in [0.4, 0.5) is 5.69 Å². The second-order valence-electron chi connectivity index (χ2n) is 6.58. The number of hydrogen-bond acceptors (Lipinski definition) is 5. The summed E-state index contributed by atoms with van der Waals surface area (Å²) in [5, 5.41) is 7.98. The SMILES string of the molecule is CC(C)C(=O)Nc1ccc(Oc2ncnc3c2cnn3-c2ccccc2)cc1. The quantitative estimate of drug-likeness (QED) is 0.567. The van der Waals surface area contributed by atoms with Crippen LogP contribution in [-0.2, 0) is 4.79 Å². The second kappa shape index (κ2) is 7.48. The molecule has 0 spiro atoms. The standard InChI is InChI=1S/C21H19N5O2/c1-14(2)20(27)25-15-8-10-17(11-9-15)28-21-18-12-24-26(19(18)22-13-23-21)16-6-4-3-5-7-16/h3-14H,1-2H3,(H,25,27). The number of aromatic nitrogens is 4. The lowest BCUT2D eigenvalue weighted by atomic mass is 10.2. The van der Waals surface area contributed by atoms with E-state index in [9.17, 15) is 4.79 Å². The molecule has 140 valence electrons. The van der Waals surface area contributed by atoms with Gasteiger partial charge in [-0.15, -0.1) is 0 Å². The fraction of sp³-hybridized carbons (Fsp3) is 0.143. The molecule has 0 unspecified atom stereocenters. The lowest BCUT2D eigenvalue weighted by Gasteiger charge is -2.09. The number of amides is 1. The summed E-state index contributed by atoms with van der Waals surface area (Å²) in [6.07, 6.45) is 3.14. The average molecular weight is 373 g/mol. The number of nitrogens with one attached hydrogen (secondary N) is 1. The fourth-order valence-electron chi connectivity index (χ4n) is 2.67. The number of nitrogens with zero attached hydrogens (tertiary/aromatic N) is 4. The van der Waals surface area contributed by atoms with Crippen molar-refractivity contribution in [3.05, 3.63) is 67.1 Å². The highest BCUT2D eigenvalue weighted by Gasteiger charge is 2.13. The van der Waals surface area contributed by atoms with Crippen molar-refractivity contribution >= 4 is 22.6 Å². The summed E-state index contributed by atoms with van der Waals surface area (Å²) >= 11 is 0. The summed E-state index contributed by atoms with van der Waals surface area (Å²) in [5.41, 5.74) is 2.29. The summed E-state index contributed by atoms with van der Waals surface area (Å²) in [7, 11) is 0. The Morgan fingerprint density at radius 2 is 1.79 bits per heavy atom. The van der Waals surface area contributed by atoms with Gasteiger partial charge in [0.25, 0.3) is 0 Å². The van der Waals surface area contributed by atoms with Crippen molar-refractivity contribution in [1.29, 1.82) is 0 Å². The number of hydrogen-bond donors (Lipinski definition) is 1. The molecule has 4 rings (SSSR count). The van der Waals surface area contributed by atoms with Crippen molar-refractivity contribution in [2.45, 2.75) is 13.8 Å². The van der Waals surface area contributed by atoms with Crippen molar-refractivity contribution < 1.29 is 9.53 Å². The number of fused-ring (bicyclic) bond motifs is 1. The Labute approximate surface area is 162 Å². The van der Waals surface area contributed by atoms with Gasteiger partial charge in [0.2, 0.25) is 11.8 Å². The maximum atomic E-state index is 11.8. The molecule has 7 heteroatoms. The molecule has 2 aromatic carbocycles. The van der Waals surface area contributed by atoms with Gasteiger partial charge >= 0.3 is 0 Å². The van der Waals surface area contributed by atoms with E-state index < -0.39 is 0 Å². The number of rotatable bonds is 5. The second-order valence-corrected chi connectivity index (χ2v) is 6.58. The van der Waals surface area contributed by atoms with Crippen LogP contribution in [0.3, 0.4) is 0 Å². The molecule has 0 saturated heterocycles. The van der Waals surface area contributed by atoms with Crippen molar-refractivity contribution in [1.82, 2.24) is 19.7 Å². The molecule has 4 aromatic rings. The summed E-state index contributed by atoms with van der Waals surface area (Å²) in [6, 6.07) is 16.9. The Hall–Kier alpha value is -3.74. The topological polar surface area (TPSA) is 81.9 Å². The highest BCUT2D eigenvalue weighted by atomic mass is 16.5. The van der Waals surface area contributed by atoms with E-state index in [1.807, 2.05) is 44.2 Å². The van der Waals surface area contributed by atoms with E-state index in [2.05, 4.69) is 20.4 Å². The molecule has 0 aliphatic rings. The molecule has 0 aliphatic carbocycles. The van der Waals surface area contributed by atoms with Crippen LogP contribution in [0, 0.1) is 5.92 Å². The average Bonchev–Trinajstić information content (AvgIpc) is 3.15. The molecule has 7 nitrogen and oxygen atoms in total. The molecule has 1 amide bonds. The predicted octanol–water partition coefficient (Wildman–Crippen LogP) is 4.20. The van der Waals surface area contributed by atoms with E-state index in [4.69, 9.17) is 4.74 Å². The van der Waals surface area contributed by atoms with E-state index in [0.717, 1.165) is 11.4 Å². The van der Waals surface area contributed by atoms with Gasteiger partial charge in [-0.3, -0.25) is 4.79 Å². The molecular formula is C21H19N5O2. The van der Waals surface area contributed by atoms with Crippen LogP contribution < -0.4 is 10.1 Å². The van der Waals surface area contributed by atoms with Gasteiger partial charge in [-0.1, -0.05) is 32.0 Å². The minimum atomic E-state index is -0.0774. The van der Waals surface area contributed by atoms with E-state index >= 15 is 0 Å². The smallest absolute Gasteiger partial charge is 0.233 e. The summed E-state index contributed by atoms with van der Waals surface area (Å²) in [6.45, 7) is 3.70. The molecular weight excluding hydrogens is 354 g/mol. The first kappa shape index (κ1) is 17.7. The summed E-state index contributed by atoms with van der Waals surface area (Å²) < 4.78 is 7.68. The Balaban J connectivity index is 1.59. The molecule has 2 aromatic heterocycles. The van der Waals surface area contributed by atoms with E-state index in [1.54, 1.807) is 35.1 Å². The molecule has 0 bridgehead atoms. The van der Waals surface area contributed by atoms with Crippen LogP contribution in [0.25, 0.3) is 16.7 Å². The zero-order valence-electron chi connectivity index (χ0n) is 15.5. The van der Waals surface area contributed by atoms with Gasteiger partial charge in [0.05, 0.1) is 11.9 Å². The first-order chi connectivity index (χ1) is 13.6. The highest BCUT2D eigenvalue weighted by Crippen LogP contribution is 2.28. The Morgan fingerprint density at radius 1 is 1.04 bits per heavy atom. The zero-order valence-corrected chi connectivity index (χ0v) is 15.5. The van der Waals surface area contributed by atoms with Gasteiger partial charge in [-0.05, 0) is 36.4 Å². The molecule has 0 radical (unpaired) electrons. The molecule has 0 aliphatic heterocycles. The Morgan fingerprint density at radius 3 is 2.50 bits per heavy atom. The molecule has 1 N–H and O–H groups in total. The van der Waals surface area contributed by atoms with Gasteiger partial charge in [0, 0.05) is 11.6 Å². The van der Waals surface area contributed by atoms with Gasteiger partial charge in [0.15, 0.2) is 5.65 Å². The van der Waals surface area contributed by atoms with Crippen LogP contribution in [-0.4, -0.2) is 25.7 Å². The lowest BCUT2D eigenvalue weighted by molar-refractivity contribution is -0.118. The van der Waals surface area contributed by atoms with Gasteiger partial charge in [-0.25, -0.2) is 14.6 Å². The largest absolute Gasteiger partial charge is 0.438 e. The minimum absolute atomic E-state index is 0.0282. The van der Waals surface area contributed by atoms with Crippen LogP contribution in [0.1, 0.15) is 13.8 Å². The van der Waals surface area contributed by atoms with Crippen molar-refractivity contribution in [2.75, 3.05) is 5.32 Å².